The number of hydrogen-bond acceptors (Lipinski definition) is 4. The molecule has 23 heavy (non-hydrogen) atoms. The topological polar surface area (TPSA) is 43.1 Å². The van der Waals surface area contributed by atoms with Crippen LogP contribution in [0.15, 0.2) is 46.9 Å². The maximum Gasteiger partial charge on any atom is 0.235 e. The van der Waals surface area contributed by atoms with Crippen molar-refractivity contribution >= 4 is 32.2 Å². The molecule has 0 fully saturated rings. The molecular formula is C15H7BrF2N4S. The van der Waals surface area contributed by atoms with Gasteiger partial charge in [0.15, 0.2) is 5.82 Å². The number of halogens is 3. The molecule has 0 aliphatic rings. The van der Waals surface area contributed by atoms with Gasteiger partial charge in [-0.1, -0.05) is 39.4 Å². The van der Waals surface area contributed by atoms with Crippen LogP contribution >= 0.6 is 27.3 Å². The molecule has 0 aliphatic carbocycles. The first-order chi connectivity index (χ1) is 11.1. The van der Waals surface area contributed by atoms with Crippen LogP contribution in [0.2, 0.25) is 0 Å². The van der Waals surface area contributed by atoms with E-state index in [1.807, 2.05) is 24.3 Å². The van der Waals surface area contributed by atoms with Gasteiger partial charge in [-0.25, -0.2) is 8.78 Å². The highest BCUT2D eigenvalue weighted by atomic mass is 79.9. The molecule has 0 spiro atoms. The maximum absolute atomic E-state index is 14.0. The summed E-state index contributed by atoms with van der Waals surface area (Å²) in [4.78, 5) is 0.515. The molecule has 0 radical (unpaired) electrons. The van der Waals surface area contributed by atoms with Crippen LogP contribution in [0, 0.1) is 11.6 Å². The fourth-order valence-electron chi connectivity index (χ4n) is 2.16. The normalized spacial score (nSPS) is 11.3. The number of benzene rings is 2. The molecule has 4 nitrogen and oxygen atoms in total. The lowest BCUT2D eigenvalue weighted by molar-refractivity contribution is 0.601. The summed E-state index contributed by atoms with van der Waals surface area (Å²) in [7, 11) is 0. The van der Waals surface area contributed by atoms with Crippen molar-refractivity contribution in [1.29, 1.82) is 0 Å². The van der Waals surface area contributed by atoms with Crippen LogP contribution in [-0.4, -0.2) is 19.8 Å². The lowest BCUT2D eigenvalue weighted by atomic mass is 10.2. The van der Waals surface area contributed by atoms with E-state index in [0.717, 1.165) is 33.2 Å². The van der Waals surface area contributed by atoms with E-state index in [1.54, 1.807) is 0 Å². The molecule has 0 amide bonds. The SMILES string of the molecule is Fc1ccc(F)c(-c2nnc3sc(-c4ccc(Br)cc4)nn23)c1. The third-order valence-electron chi connectivity index (χ3n) is 3.25. The number of rotatable bonds is 2. The van der Waals surface area contributed by atoms with Gasteiger partial charge in [-0.15, -0.1) is 10.2 Å². The Bertz CT molecular complexity index is 1010. The predicted molar refractivity (Wildman–Crippen MR) is 87.1 cm³/mol. The summed E-state index contributed by atoms with van der Waals surface area (Å²) in [5.41, 5.74) is 0.944. The first-order valence-corrected chi connectivity index (χ1v) is 8.16. The second kappa shape index (κ2) is 5.47. The van der Waals surface area contributed by atoms with Gasteiger partial charge >= 0.3 is 0 Å². The summed E-state index contributed by atoms with van der Waals surface area (Å²) in [5, 5.41) is 13.1. The standard InChI is InChI=1S/C15H7BrF2N4S/c16-9-3-1-8(2-4-9)14-21-22-13(19-20-15(22)23-14)11-7-10(17)5-6-12(11)18/h1-7H. The van der Waals surface area contributed by atoms with Crippen LogP contribution in [0.3, 0.4) is 0 Å². The summed E-state index contributed by atoms with van der Waals surface area (Å²) in [6, 6.07) is 10.9. The Hall–Kier alpha value is -2.19. The maximum atomic E-state index is 14.0. The van der Waals surface area contributed by atoms with Crippen molar-refractivity contribution in [3.05, 3.63) is 58.6 Å². The van der Waals surface area contributed by atoms with Crippen LogP contribution in [0.25, 0.3) is 26.9 Å². The summed E-state index contributed by atoms with van der Waals surface area (Å²) >= 11 is 4.71. The van der Waals surface area contributed by atoms with Crippen molar-refractivity contribution in [3.63, 3.8) is 0 Å². The number of fused-ring (bicyclic) bond motifs is 1. The van der Waals surface area contributed by atoms with Gasteiger partial charge in [0.05, 0.1) is 5.56 Å². The Labute approximate surface area is 141 Å². The van der Waals surface area contributed by atoms with E-state index in [0.29, 0.717) is 4.96 Å². The van der Waals surface area contributed by atoms with Crippen LogP contribution < -0.4 is 0 Å². The molecule has 2 aromatic carbocycles. The van der Waals surface area contributed by atoms with Gasteiger partial charge < -0.3 is 0 Å². The highest BCUT2D eigenvalue weighted by molar-refractivity contribution is 9.10. The van der Waals surface area contributed by atoms with E-state index in [-0.39, 0.29) is 11.4 Å². The molecule has 2 aromatic heterocycles. The van der Waals surface area contributed by atoms with Crippen LogP contribution in [0.1, 0.15) is 0 Å². The van der Waals surface area contributed by atoms with E-state index < -0.39 is 11.6 Å². The second-order valence-electron chi connectivity index (χ2n) is 4.76. The molecule has 2 heterocycles. The van der Waals surface area contributed by atoms with Crippen LogP contribution in [-0.2, 0) is 0 Å². The first-order valence-electron chi connectivity index (χ1n) is 6.55. The first kappa shape index (κ1) is 14.4. The van der Waals surface area contributed by atoms with Gasteiger partial charge in [0.25, 0.3) is 0 Å². The summed E-state index contributed by atoms with van der Waals surface area (Å²) in [6.45, 7) is 0. The lowest BCUT2D eigenvalue weighted by Crippen LogP contribution is -1.94. The minimum Gasteiger partial charge on any atom is -0.207 e. The molecular weight excluding hydrogens is 386 g/mol. The van der Waals surface area contributed by atoms with Crippen molar-refractivity contribution in [2.45, 2.75) is 0 Å². The van der Waals surface area contributed by atoms with Gasteiger partial charge in [0, 0.05) is 10.0 Å². The average Bonchev–Trinajstić information content (AvgIpc) is 3.11. The second-order valence-corrected chi connectivity index (χ2v) is 6.63. The fraction of sp³-hybridized carbons (Fsp3) is 0. The van der Waals surface area contributed by atoms with E-state index in [9.17, 15) is 8.78 Å². The molecule has 0 atom stereocenters. The molecule has 0 unspecified atom stereocenters. The summed E-state index contributed by atoms with van der Waals surface area (Å²) in [6.07, 6.45) is 0. The molecule has 0 aliphatic heterocycles. The van der Waals surface area contributed by atoms with E-state index >= 15 is 0 Å². The van der Waals surface area contributed by atoms with Crippen molar-refractivity contribution in [2.24, 2.45) is 0 Å². The minimum atomic E-state index is -0.570. The average molecular weight is 393 g/mol. The smallest absolute Gasteiger partial charge is 0.207 e. The highest BCUT2D eigenvalue weighted by Gasteiger charge is 2.17. The molecule has 4 aromatic rings. The Balaban J connectivity index is 1.87. The lowest BCUT2D eigenvalue weighted by Gasteiger charge is -1.99. The zero-order valence-electron chi connectivity index (χ0n) is 11.4. The highest BCUT2D eigenvalue weighted by Crippen LogP contribution is 2.29. The van der Waals surface area contributed by atoms with Gasteiger partial charge in [-0.2, -0.15) is 9.61 Å². The third kappa shape index (κ3) is 2.53. The Kier molecular flexibility index (Phi) is 3.42. The van der Waals surface area contributed by atoms with Crippen molar-refractivity contribution < 1.29 is 8.78 Å². The number of aromatic nitrogens is 4. The van der Waals surface area contributed by atoms with E-state index in [1.165, 1.54) is 15.9 Å². The summed E-state index contributed by atoms with van der Waals surface area (Å²) in [5.74, 6) is -0.933. The number of nitrogens with zero attached hydrogens (tertiary/aromatic N) is 4. The Morgan fingerprint density at radius 2 is 1.78 bits per heavy atom. The summed E-state index contributed by atoms with van der Waals surface area (Å²) < 4.78 is 29.8. The fourth-order valence-corrected chi connectivity index (χ4v) is 3.27. The largest absolute Gasteiger partial charge is 0.235 e. The minimum absolute atomic E-state index is 0.0326. The van der Waals surface area contributed by atoms with Gasteiger partial charge in [0.1, 0.15) is 16.6 Å². The predicted octanol–water partition coefficient (Wildman–Crippen LogP) is 4.56. The van der Waals surface area contributed by atoms with Gasteiger partial charge in [-0.3, -0.25) is 0 Å². The molecule has 0 saturated heterocycles. The van der Waals surface area contributed by atoms with E-state index in [2.05, 4.69) is 31.2 Å². The molecule has 8 heteroatoms. The third-order valence-corrected chi connectivity index (χ3v) is 4.73. The molecule has 4 rings (SSSR count). The number of hydrogen-bond donors (Lipinski definition) is 0. The Morgan fingerprint density at radius 1 is 1.00 bits per heavy atom. The monoisotopic (exact) mass is 392 g/mol. The Morgan fingerprint density at radius 3 is 2.57 bits per heavy atom. The van der Waals surface area contributed by atoms with Crippen molar-refractivity contribution in [3.8, 4) is 22.0 Å². The van der Waals surface area contributed by atoms with Crippen molar-refractivity contribution in [2.75, 3.05) is 0 Å². The van der Waals surface area contributed by atoms with Crippen LogP contribution in [0.4, 0.5) is 8.78 Å². The van der Waals surface area contributed by atoms with Gasteiger partial charge in [-0.05, 0) is 30.3 Å². The zero-order valence-corrected chi connectivity index (χ0v) is 13.8. The van der Waals surface area contributed by atoms with Crippen LogP contribution in [0.5, 0.6) is 0 Å². The molecule has 114 valence electrons. The quantitative estimate of drug-likeness (QED) is 0.502. The van der Waals surface area contributed by atoms with E-state index in [4.69, 9.17) is 0 Å². The zero-order chi connectivity index (χ0) is 16.0. The molecule has 0 bridgehead atoms. The molecule has 0 saturated carbocycles. The van der Waals surface area contributed by atoms with Crippen molar-refractivity contribution in [1.82, 2.24) is 19.8 Å². The van der Waals surface area contributed by atoms with Gasteiger partial charge in [0.2, 0.25) is 4.96 Å². The molecule has 0 N–H and O–H groups in total.